The standard InChI is InChI=1S/C30H32BrClF3N3O4S/c1-29(2,3)36-28(40)26(16-20-9-6-5-7-10-20)37(18-21-11-8-12-23(31)15-21)27(39)19-38(43(4,41)42)25-17-22(30(33,34)35)13-14-24(25)32/h5-15,17,26H,16,18-19H2,1-4H3,(H,36,40). The molecule has 0 aliphatic carbocycles. The van der Waals surface area contributed by atoms with Gasteiger partial charge in [-0.3, -0.25) is 13.9 Å². The zero-order valence-electron chi connectivity index (χ0n) is 24.0. The van der Waals surface area contributed by atoms with E-state index >= 15 is 0 Å². The molecule has 0 aliphatic heterocycles. The van der Waals surface area contributed by atoms with Crippen molar-refractivity contribution < 1.29 is 31.2 Å². The minimum absolute atomic E-state index is 0.0890. The predicted octanol–water partition coefficient (Wildman–Crippen LogP) is 6.44. The zero-order valence-corrected chi connectivity index (χ0v) is 27.1. The van der Waals surface area contributed by atoms with Crippen LogP contribution < -0.4 is 9.62 Å². The van der Waals surface area contributed by atoms with Crippen molar-refractivity contribution >= 4 is 55.1 Å². The molecule has 2 amide bonds. The number of carbonyl (C=O) groups excluding carboxylic acids is 2. The van der Waals surface area contributed by atoms with Crippen molar-refractivity contribution in [3.8, 4) is 0 Å². The Hall–Kier alpha value is -3.09. The quantitative estimate of drug-likeness (QED) is 0.264. The van der Waals surface area contributed by atoms with E-state index in [9.17, 15) is 31.2 Å². The van der Waals surface area contributed by atoms with Gasteiger partial charge in [0.2, 0.25) is 21.8 Å². The highest BCUT2D eigenvalue weighted by Crippen LogP contribution is 2.36. The molecule has 0 radical (unpaired) electrons. The van der Waals surface area contributed by atoms with E-state index < -0.39 is 57.4 Å². The number of nitrogens with zero attached hydrogens (tertiary/aromatic N) is 2. The number of rotatable bonds is 10. The highest BCUT2D eigenvalue weighted by atomic mass is 79.9. The monoisotopic (exact) mass is 701 g/mol. The van der Waals surface area contributed by atoms with E-state index in [2.05, 4.69) is 21.2 Å². The number of hydrogen-bond acceptors (Lipinski definition) is 4. The van der Waals surface area contributed by atoms with Gasteiger partial charge < -0.3 is 10.2 Å². The fourth-order valence-electron chi connectivity index (χ4n) is 4.31. The Kier molecular flexibility index (Phi) is 11.0. The summed E-state index contributed by atoms with van der Waals surface area (Å²) in [5.41, 5.74) is -0.934. The number of amides is 2. The van der Waals surface area contributed by atoms with Crippen LogP contribution in [0.25, 0.3) is 0 Å². The summed E-state index contributed by atoms with van der Waals surface area (Å²) in [4.78, 5) is 29.1. The molecule has 0 bridgehead atoms. The highest BCUT2D eigenvalue weighted by molar-refractivity contribution is 9.10. The van der Waals surface area contributed by atoms with Gasteiger partial charge in [0.1, 0.15) is 12.6 Å². The molecule has 0 saturated carbocycles. The number of alkyl halides is 3. The minimum Gasteiger partial charge on any atom is -0.350 e. The minimum atomic E-state index is -4.79. The molecule has 43 heavy (non-hydrogen) atoms. The fourth-order valence-corrected chi connectivity index (χ4v) is 5.88. The molecular weight excluding hydrogens is 671 g/mol. The lowest BCUT2D eigenvalue weighted by Crippen LogP contribution is -2.56. The first-order valence-corrected chi connectivity index (χ1v) is 16.1. The summed E-state index contributed by atoms with van der Waals surface area (Å²) >= 11 is 9.58. The summed E-state index contributed by atoms with van der Waals surface area (Å²) in [6, 6.07) is 17.1. The van der Waals surface area contributed by atoms with Crippen LogP contribution in [0.5, 0.6) is 0 Å². The highest BCUT2D eigenvalue weighted by Gasteiger charge is 2.36. The van der Waals surface area contributed by atoms with E-state index in [4.69, 9.17) is 11.6 Å². The molecule has 1 unspecified atom stereocenters. The summed E-state index contributed by atoms with van der Waals surface area (Å²) in [7, 11) is -4.32. The maximum atomic E-state index is 14.1. The molecule has 0 spiro atoms. The largest absolute Gasteiger partial charge is 0.416 e. The Labute approximate surface area is 263 Å². The first kappa shape index (κ1) is 34.4. The Morgan fingerprint density at radius 3 is 2.14 bits per heavy atom. The van der Waals surface area contributed by atoms with Gasteiger partial charge in [-0.25, -0.2) is 8.42 Å². The molecule has 0 aliphatic rings. The van der Waals surface area contributed by atoms with Crippen LogP contribution in [-0.2, 0) is 38.8 Å². The van der Waals surface area contributed by atoms with Gasteiger partial charge in [-0.1, -0.05) is 70.0 Å². The zero-order chi connectivity index (χ0) is 32.2. The van der Waals surface area contributed by atoms with Crippen molar-refractivity contribution in [2.75, 3.05) is 17.1 Å². The topological polar surface area (TPSA) is 86.8 Å². The average Bonchev–Trinajstić information content (AvgIpc) is 2.88. The van der Waals surface area contributed by atoms with Crippen LogP contribution in [0.3, 0.4) is 0 Å². The van der Waals surface area contributed by atoms with Crippen molar-refractivity contribution in [1.82, 2.24) is 10.2 Å². The number of hydrogen-bond donors (Lipinski definition) is 1. The second-order valence-corrected chi connectivity index (χ2v) is 14.3. The van der Waals surface area contributed by atoms with E-state index in [1.54, 1.807) is 75.4 Å². The lowest BCUT2D eigenvalue weighted by molar-refractivity contribution is -0.140. The molecule has 0 heterocycles. The van der Waals surface area contributed by atoms with Crippen LogP contribution in [0.2, 0.25) is 5.02 Å². The molecule has 232 valence electrons. The van der Waals surface area contributed by atoms with Gasteiger partial charge in [0.25, 0.3) is 0 Å². The predicted molar refractivity (Wildman–Crippen MR) is 165 cm³/mol. The van der Waals surface area contributed by atoms with E-state index in [1.165, 1.54) is 4.90 Å². The van der Waals surface area contributed by atoms with Crippen LogP contribution in [0.15, 0.2) is 77.3 Å². The van der Waals surface area contributed by atoms with Crippen LogP contribution in [0.4, 0.5) is 18.9 Å². The molecule has 7 nitrogen and oxygen atoms in total. The summed E-state index contributed by atoms with van der Waals surface area (Å²) in [6.07, 6.45) is -3.93. The summed E-state index contributed by atoms with van der Waals surface area (Å²) < 4.78 is 67.7. The van der Waals surface area contributed by atoms with Crippen molar-refractivity contribution in [2.45, 2.75) is 51.5 Å². The number of carbonyl (C=O) groups is 2. The first-order chi connectivity index (χ1) is 19.8. The second-order valence-electron chi connectivity index (χ2n) is 11.0. The number of halogens is 5. The third kappa shape index (κ3) is 9.97. The number of anilines is 1. The van der Waals surface area contributed by atoms with Gasteiger partial charge in [-0.2, -0.15) is 13.2 Å². The van der Waals surface area contributed by atoms with Gasteiger partial charge in [-0.15, -0.1) is 0 Å². The normalized spacial score (nSPS) is 12.9. The van der Waals surface area contributed by atoms with Gasteiger partial charge in [0.15, 0.2) is 0 Å². The van der Waals surface area contributed by atoms with Crippen LogP contribution >= 0.6 is 27.5 Å². The first-order valence-electron chi connectivity index (χ1n) is 13.1. The van der Waals surface area contributed by atoms with Crippen molar-refractivity contribution in [3.05, 3.63) is 99.0 Å². The molecule has 3 aromatic rings. The molecule has 0 saturated heterocycles. The molecule has 0 aromatic heterocycles. The fraction of sp³-hybridized carbons (Fsp3) is 0.333. The van der Waals surface area contributed by atoms with Crippen LogP contribution in [-0.4, -0.2) is 49.5 Å². The van der Waals surface area contributed by atoms with Gasteiger partial charge in [-0.05, 0) is 62.2 Å². The van der Waals surface area contributed by atoms with Gasteiger partial charge in [0, 0.05) is 23.0 Å². The second kappa shape index (κ2) is 13.7. The van der Waals surface area contributed by atoms with E-state index in [0.717, 1.165) is 24.0 Å². The molecule has 0 fully saturated rings. The number of nitrogens with one attached hydrogen (secondary N) is 1. The van der Waals surface area contributed by atoms with Gasteiger partial charge >= 0.3 is 6.18 Å². The summed E-state index contributed by atoms with van der Waals surface area (Å²) in [5.74, 6) is -1.30. The Balaban J connectivity index is 2.14. The molecule has 3 aromatic carbocycles. The smallest absolute Gasteiger partial charge is 0.350 e. The summed E-state index contributed by atoms with van der Waals surface area (Å²) in [5, 5.41) is 2.61. The van der Waals surface area contributed by atoms with E-state index in [1.807, 2.05) is 0 Å². The van der Waals surface area contributed by atoms with Gasteiger partial charge in [0.05, 0.1) is 22.5 Å². The molecule has 13 heteroatoms. The number of sulfonamides is 1. The van der Waals surface area contributed by atoms with Crippen molar-refractivity contribution in [3.63, 3.8) is 0 Å². The molecular formula is C30H32BrClF3N3O4S. The Bertz CT molecular complexity index is 1560. The van der Waals surface area contributed by atoms with Crippen molar-refractivity contribution in [2.24, 2.45) is 0 Å². The molecule has 1 atom stereocenters. The van der Waals surface area contributed by atoms with E-state index in [0.29, 0.717) is 20.4 Å². The summed E-state index contributed by atoms with van der Waals surface area (Å²) in [6.45, 7) is 4.35. The lowest BCUT2D eigenvalue weighted by Gasteiger charge is -2.35. The lowest BCUT2D eigenvalue weighted by atomic mass is 10.0. The molecule has 3 rings (SSSR count). The SMILES string of the molecule is CC(C)(C)NC(=O)C(Cc1ccccc1)N(Cc1cccc(Br)c1)C(=O)CN(c1cc(C(F)(F)F)ccc1Cl)S(C)(=O)=O. The average molecular weight is 703 g/mol. The van der Waals surface area contributed by atoms with E-state index in [-0.39, 0.29) is 18.0 Å². The van der Waals surface area contributed by atoms with Crippen molar-refractivity contribution in [1.29, 1.82) is 0 Å². The Morgan fingerprint density at radius 2 is 1.58 bits per heavy atom. The number of benzene rings is 3. The maximum absolute atomic E-state index is 14.1. The Morgan fingerprint density at radius 1 is 0.953 bits per heavy atom. The maximum Gasteiger partial charge on any atom is 0.416 e. The third-order valence-corrected chi connectivity index (χ3v) is 8.17. The van der Waals surface area contributed by atoms with Crippen LogP contribution in [0.1, 0.15) is 37.5 Å². The van der Waals surface area contributed by atoms with Crippen LogP contribution in [0, 0.1) is 0 Å². The third-order valence-electron chi connectivity index (χ3n) is 6.23. The molecule has 1 N–H and O–H groups in total.